The number of benzene rings is 1. The van der Waals surface area contributed by atoms with Gasteiger partial charge in [0.05, 0.1) is 0 Å². The van der Waals surface area contributed by atoms with Crippen molar-refractivity contribution in [1.29, 1.82) is 5.41 Å². The van der Waals surface area contributed by atoms with Crippen LogP contribution in [-0.4, -0.2) is 45.0 Å². The van der Waals surface area contributed by atoms with Gasteiger partial charge in [-0.05, 0) is 61.2 Å². The van der Waals surface area contributed by atoms with Gasteiger partial charge in [0.15, 0.2) is 0 Å². The second kappa shape index (κ2) is 6.75. The van der Waals surface area contributed by atoms with Gasteiger partial charge in [0.25, 0.3) is 0 Å². The molecule has 1 aromatic carbocycles. The molecule has 4 nitrogen and oxygen atoms in total. The molecule has 0 aliphatic carbocycles. The summed E-state index contributed by atoms with van der Waals surface area (Å²) >= 11 is 3.45. The van der Waals surface area contributed by atoms with E-state index in [1.165, 1.54) is 0 Å². The molecule has 1 rings (SSSR count). The maximum atomic E-state index is 7.44. The van der Waals surface area contributed by atoms with E-state index < -0.39 is 0 Å². The highest BCUT2D eigenvalue weighted by Crippen LogP contribution is 2.23. The van der Waals surface area contributed by atoms with Gasteiger partial charge < -0.3 is 15.5 Å². The molecule has 0 saturated heterocycles. The first-order valence-corrected chi connectivity index (χ1v) is 6.71. The Hall–Kier alpha value is -1.07. The van der Waals surface area contributed by atoms with Gasteiger partial charge in [0.2, 0.25) is 0 Å². The fourth-order valence-corrected chi connectivity index (χ4v) is 2.29. The molecule has 0 unspecified atom stereocenters. The lowest BCUT2D eigenvalue weighted by Crippen LogP contribution is -2.23. The van der Waals surface area contributed by atoms with E-state index in [0.717, 1.165) is 35.2 Å². The summed E-state index contributed by atoms with van der Waals surface area (Å²) in [5.74, 6) is 0.0867. The fraction of sp³-hybridized carbons (Fsp3) is 0.462. The van der Waals surface area contributed by atoms with Crippen molar-refractivity contribution in [3.63, 3.8) is 0 Å². The number of rotatable bonds is 6. The molecule has 0 aliphatic heterocycles. The summed E-state index contributed by atoms with van der Waals surface area (Å²) in [5, 5.41) is 7.44. The monoisotopic (exact) mass is 312 g/mol. The molecule has 0 aromatic heterocycles. The average Bonchev–Trinajstić information content (AvgIpc) is 2.27. The second-order valence-electron chi connectivity index (χ2n) is 4.66. The fourth-order valence-electron chi connectivity index (χ4n) is 1.71. The van der Waals surface area contributed by atoms with Crippen molar-refractivity contribution in [1.82, 2.24) is 4.90 Å². The molecule has 0 saturated carbocycles. The van der Waals surface area contributed by atoms with Crippen LogP contribution in [0.2, 0.25) is 0 Å². The van der Waals surface area contributed by atoms with Crippen molar-refractivity contribution in [2.75, 3.05) is 39.1 Å². The Labute approximate surface area is 117 Å². The highest BCUT2D eigenvalue weighted by Gasteiger charge is 2.07. The van der Waals surface area contributed by atoms with E-state index in [1.807, 2.05) is 18.2 Å². The highest BCUT2D eigenvalue weighted by atomic mass is 79.9. The number of nitrogen functional groups attached to an aromatic ring is 1. The van der Waals surface area contributed by atoms with E-state index in [4.69, 9.17) is 11.1 Å². The molecule has 0 radical (unpaired) electrons. The van der Waals surface area contributed by atoms with E-state index in [0.29, 0.717) is 0 Å². The topological polar surface area (TPSA) is 56.4 Å². The Balaban J connectivity index is 2.66. The van der Waals surface area contributed by atoms with Crippen LogP contribution in [0.15, 0.2) is 22.7 Å². The molecule has 100 valence electrons. The molecule has 1 aromatic rings. The Morgan fingerprint density at radius 3 is 2.44 bits per heavy atom. The molecule has 18 heavy (non-hydrogen) atoms. The molecular weight excluding hydrogens is 292 g/mol. The second-order valence-corrected chi connectivity index (χ2v) is 5.51. The van der Waals surface area contributed by atoms with E-state index in [1.54, 1.807) is 0 Å². The molecule has 0 amide bonds. The van der Waals surface area contributed by atoms with Crippen LogP contribution >= 0.6 is 15.9 Å². The number of anilines is 1. The Morgan fingerprint density at radius 1 is 1.28 bits per heavy atom. The number of nitrogens with two attached hydrogens (primary N) is 1. The zero-order valence-electron chi connectivity index (χ0n) is 11.2. The van der Waals surface area contributed by atoms with Crippen molar-refractivity contribution in [2.45, 2.75) is 6.42 Å². The lowest BCUT2D eigenvalue weighted by atomic mass is 10.2. The number of nitrogens with one attached hydrogen (secondary N) is 1. The minimum Gasteiger partial charge on any atom is -0.384 e. The van der Waals surface area contributed by atoms with Gasteiger partial charge in [-0.2, -0.15) is 0 Å². The standard InChI is InChI=1S/C13H21BrN4/c1-17(2)7-4-8-18(3)10-5-6-11(13(15)16)12(14)9-10/h5-6,9H,4,7-8H2,1-3H3,(H3,15,16). The first kappa shape index (κ1) is 15.0. The van der Waals surface area contributed by atoms with Crippen molar-refractivity contribution in [3.05, 3.63) is 28.2 Å². The summed E-state index contributed by atoms with van der Waals surface area (Å²) in [6.45, 7) is 2.08. The molecule has 0 aliphatic rings. The third kappa shape index (κ3) is 4.31. The summed E-state index contributed by atoms with van der Waals surface area (Å²) in [6, 6.07) is 5.88. The number of amidine groups is 1. The van der Waals surface area contributed by atoms with Crippen molar-refractivity contribution in [3.8, 4) is 0 Å². The van der Waals surface area contributed by atoms with E-state index >= 15 is 0 Å². The van der Waals surface area contributed by atoms with Crippen LogP contribution in [0.5, 0.6) is 0 Å². The van der Waals surface area contributed by atoms with Crippen molar-refractivity contribution in [2.24, 2.45) is 5.73 Å². The lowest BCUT2D eigenvalue weighted by Gasteiger charge is -2.21. The summed E-state index contributed by atoms with van der Waals surface area (Å²) < 4.78 is 0.868. The third-order valence-corrected chi connectivity index (χ3v) is 3.44. The number of hydrogen-bond acceptors (Lipinski definition) is 3. The zero-order chi connectivity index (χ0) is 13.7. The number of hydrogen-bond donors (Lipinski definition) is 2. The quantitative estimate of drug-likeness (QED) is 0.625. The normalized spacial score (nSPS) is 10.7. The van der Waals surface area contributed by atoms with Crippen LogP contribution in [-0.2, 0) is 0 Å². The molecule has 0 fully saturated rings. The van der Waals surface area contributed by atoms with Gasteiger partial charge in [-0.25, -0.2) is 0 Å². The molecule has 0 heterocycles. The summed E-state index contributed by atoms with van der Waals surface area (Å²) in [5.41, 5.74) is 7.36. The predicted molar refractivity (Wildman–Crippen MR) is 81.6 cm³/mol. The van der Waals surface area contributed by atoms with Gasteiger partial charge in [0.1, 0.15) is 5.84 Å². The largest absolute Gasteiger partial charge is 0.384 e. The molecule has 0 bridgehead atoms. The van der Waals surface area contributed by atoms with Crippen LogP contribution < -0.4 is 10.6 Å². The molecular formula is C13H21BrN4. The van der Waals surface area contributed by atoms with Gasteiger partial charge >= 0.3 is 0 Å². The van der Waals surface area contributed by atoms with Crippen LogP contribution in [0.3, 0.4) is 0 Å². The van der Waals surface area contributed by atoms with Gasteiger partial charge in [-0.1, -0.05) is 0 Å². The molecule has 5 heteroatoms. The smallest absolute Gasteiger partial charge is 0.123 e. The van der Waals surface area contributed by atoms with E-state index in [-0.39, 0.29) is 5.84 Å². The van der Waals surface area contributed by atoms with Crippen molar-refractivity contribution >= 4 is 27.5 Å². The van der Waals surface area contributed by atoms with E-state index in [9.17, 15) is 0 Å². The highest BCUT2D eigenvalue weighted by molar-refractivity contribution is 9.10. The van der Waals surface area contributed by atoms with E-state index in [2.05, 4.69) is 46.9 Å². The zero-order valence-corrected chi connectivity index (χ0v) is 12.8. The lowest BCUT2D eigenvalue weighted by molar-refractivity contribution is 0.401. The minimum absolute atomic E-state index is 0.0867. The molecule has 0 atom stereocenters. The maximum absolute atomic E-state index is 7.44. The summed E-state index contributed by atoms with van der Waals surface area (Å²) in [6.07, 6.45) is 1.12. The predicted octanol–water partition coefficient (Wildman–Crippen LogP) is 2.12. The molecule has 3 N–H and O–H groups in total. The number of halogens is 1. The maximum Gasteiger partial charge on any atom is 0.123 e. The Kier molecular flexibility index (Phi) is 5.62. The minimum atomic E-state index is 0.0867. The first-order chi connectivity index (χ1) is 8.41. The molecule has 0 spiro atoms. The van der Waals surface area contributed by atoms with Gasteiger partial charge in [-0.3, -0.25) is 5.41 Å². The third-order valence-electron chi connectivity index (χ3n) is 2.78. The Bertz CT molecular complexity index is 417. The Morgan fingerprint density at radius 2 is 1.94 bits per heavy atom. The average molecular weight is 313 g/mol. The van der Waals surface area contributed by atoms with Crippen molar-refractivity contribution < 1.29 is 0 Å². The van der Waals surface area contributed by atoms with Gasteiger partial charge in [0, 0.05) is 29.3 Å². The summed E-state index contributed by atoms with van der Waals surface area (Å²) in [4.78, 5) is 4.39. The van der Waals surface area contributed by atoms with Crippen LogP contribution in [0, 0.1) is 5.41 Å². The summed E-state index contributed by atoms with van der Waals surface area (Å²) in [7, 11) is 6.24. The van der Waals surface area contributed by atoms with Gasteiger partial charge in [-0.15, -0.1) is 0 Å². The van der Waals surface area contributed by atoms with Crippen LogP contribution in [0.4, 0.5) is 5.69 Å². The SMILES string of the molecule is CN(C)CCCN(C)c1ccc(C(=N)N)c(Br)c1. The first-order valence-electron chi connectivity index (χ1n) is 5.91. The van der Waals surface area contributed by atoms with Crippen LogP contribution in [0.25, 0.3) is 0 Å². The van der Waals surface area contributed by atoms with Crippen LogP contribution in [0.1, 0.15) is 12.0 Å². The number of nitrogens with zero attached hydrogens (tertiary/aromatic N) is 2.